The zero-order valence-electron chi connectivity index (χ0n) is 13.2. The fourth-order valence-electron chi connectivity index (χ4n) is 1.61. The van der Waals surface area contributed by atoms with Gasteiger partial charge >= 0.3 is 0 Å². The number of hydrogen-bond donors (Lipinski definition) is 2. The lowest BCUT2D eigenvalue weighted by Crippen LogP contribution is -2.43. The lowest BCUT2D eigenvalue weighted by molar-refractivity contribution is 0.155. The Balaban J connectivity index is 0.00000400. The maximum atomic E-state index is 5.31. The molecule has 5 nitrogen and oxygen atoms in total. The van der Waals surface area contributed by atoms with E-state index in [1.165, 1.54) is 0 Å². The van der Waals surface area contributed by atoms with Crippen LogP contribution < -0.4 is 10.6 Å². The van der Waals surface area contributed by atoms with Gasteiger partial charge in [-0.25, -0.2) is 0 Å². The third kappa shape index (κ3) is 9.73. The molecule has 0 fully saturated rings. The number of ether oxygens (including phenoxy) is 1. The van der Waals surface area contributed by atoms with Gasteiger partial charge in [0.1, 0.15) is 5.76 Å². The van der Waals surface area contributed by atoms with Gasteiger partial charge in [0.25, 0.3) is 0 Å². The van der Waals surface area contributed by atoms with E-state index in [1.54, 1.807) is 6.26 Å². The third-order valence-electron chi connectivity index (χ3n) is 2.95. The van der Waals surface area contributed by atoms with Crippen LogP contribution in [0.25, 0.3) is 0 Å². The Bertz CT molecular complexity index is 369. The summed E-state index contributed by atoms with van der Waals surface area (Å²) < 4.78 is 10.6. The molecule has 1 atom stereocenters. The Labute approximate surface area is 144 Å². The average Bonchev–Trinajstić information content (AvgIpc) is 2.96. The van der Waals surface area contributed by atoms with Crippen molar-refractivity contribution in [3.8, 4) is 0 Å². The molecule has 0 saturated heterocycles. The molecular formula is C15H28IN3O2. The second-order valence-electron chi connectivity index (χ2n) is 4.64. The van der Waals surface area contributed by atoms with Gasteiger partial charge in [0.15, 0.2) is 5.96 Å². The lowest BCUT2D eigenvalue weighted by Gasteiger charge is -2.16. The quantitative estimate of drug-likeness (QED) is 0.285. The molecule has 1 aromatic heterocycles. The molecule has 1 heterocycles. The number of halogens is 1. The van der Waals surface area contributed by atoms with Crippen LogP contribution in [0.15, 0.2) is 27.8 Å². The van der Waals surface area contributed by atoms with Gasteiger partial charge in [-0.3, -0.25) is 4.99 Å². The van der Waals surface area contributed by atoms with Crippen molar-refractivity contribution >= 4 is 29.9 Å². The normalized spacial score (nSPS) is 12.6. The minimum absolute atomic E-state index is 0. The van der Waals surface area contributed by atoms with Crippen LogP contribution in [0, 0.1) is 0 Å². The Kier molecular flexibility index (Phi) is 12.5. The smallest absolute Gasteiger partial charge is 0.191 e. The van der Waals surface area contributed by atoms with Crippen LogP contribution in [-0.2, 0) is 11.2 Å². The van der Waals surface area contributed by atoms with Crippen molar-refractivity contribution in [2.75, 3.05) is 26.3 Å². The van der Waals surface area contributed by atoms with Crippen LogP contribution in [0.2, 0.25) is 0 Å². The Morgan fingerprint density at radius 2 is 2.24 bits per heavy atom. The molecular weight excluding hydrogens is 381 g/mol. The molecule has 0 saturated carbocycles. The van der Waals surface area contributed by atoms with E-state index in [1.807, 2.05) is 19.1 Å². The number of hydrogen-bond acceptors (Lipinski definition) is 3. The predicted molar refractivity (Wildman–Crippen MR) is 97.5 cm³/mol. The molecule has 21 heavy (non-hydrogen) atoms. The van der Waals surface area contributed by atoms with E-state index in [2.05, 4.69) is 29.5 Å². The highest BCUT2D eigenvalue weighted by Gasteiger charge is 2.03. The maximum absolute atomic E-state index is 5.31. The number of furan rings is 1. The highest BCUT2D eigenvalue weighted by molar-refractivity contribution is 14.0. The molecule has 0 bridgehead atoms. The molecule has 1 aromatic rings. The fraction of sp³-hybridized carbons (Fsp3) is 0.667. The van der Waals surface area contributed by atoms with Gasteiger partial charge in [-0.15, -0.1) is 24.0 Å². The summed E-state index contributed by atoms with van der Waals surface area (Å²) in [6.07, 6.45) is 3.60. The second kappa shape index (κ2) is 12.9. The van der Waals surface area contributed by atoms with E-state index in [0.717, 1.165) is 37.7 Å². The highest BCUT2D eigenvalue weighted by Crippen LogP contribution is 1.99. The van der Waals surface area contributed by atoms with Crippen molar-refractivity contribution in [3.05, 3.63) is 24.2 Å². The molecule has 1 rings (SSSR count). The topological polar surface area (TPSA) is 58.8 Å². The number of rotatable bonds is 9. The molecule has 0 spiro atoms. The first kappa shape index (κ1) is 20.2. The molecule has 0 aliphatic rings. The van der Waals surface area contributed by atoms with Crippen molar-refractivity contribution in [2.45, 2.75) is 39.7 Å². The Hall–Kier alpha value is -0.760. The molecule has 1 unspecified atom stereocenters. The summed E-state index contributed by atoms with van der Waals surface area (Å²) in [7, 11) is 0. The SMILES string of the molecule is CCOCCN=C(NCCc1ccco1)NC(C)CC.I. The maximum Gasteiger partial charge on any atom is 0.191 e. The molecule has 0 radical (unpaired) electrons. The number of aliphatic imine (C=N–C) groups is 1. The van der Waals surface area contributed by atoms with Gasteiger partial charge in [-0.2, -0.15) is 0 Å². The number of nitrogens with zero attached hydrogens (tertiary/aromatic N) is 1. The second-order valence-corrected chi connectivity index (χ2v) is 4.64. The third-order valence-corrected chi connectivity index (χ3v) is 2.95. The highest BCUT2D eigenvalue weighted by atomic mass is 127. The van der Waals surface area contributed by atoms with E-state index in [9.17, 15) is 0 Å². The van der Waals surface area contributed by atoms with Crippen molar-refractivity contribution in [3.63, 3.8) is 0 Å². The zero-order valence-corrected chi connectivity index (χ0v) is 15.6. The van der Waals surface area contributed by atoms with Gasteiger partial charge in [0, 0.05) is 25.6 Å². The van der Waals surface area contributed by atoms with Crippen LogP contribution in [0.4, 0.5) is 0 Å². The van der Waals surface area contributed by atoms with Crippen LogP contribution in [0.5, 0.6) is 0 Å². The molecule has 2 N–H and O–H groups in total. The predicted octanol–water partition coefficient (Wildman–Crippen LogP) is 2.81. The largest absolute Gasteiger partial charge is 0.469 e. The van der Waals surface area contributed by atoms with Gasteiger partial charge in [-0.1, -0.05) is 6.92 Å². The van der Waals surface area contributed by atoms with E-state index in [-0.39, 0.29) is 24.0 Å². The van der Waals surface area contributed by atoms with Gasteiger partial charge in [0.05, 0.1) is 19.4 Å². The minimum Gasteiger partial charge on any atom is -0.469 e. The van der Waals surface area contributed by atoms with Crippen molar-refractivity contribution in [2.24, 2.45) is 4.99 Å². The van der Waals surface area contributed by atoms with Gasteiger partial charge < -0.3 is 19.8 Å². The van der Waals surface area contributed by atoms with Crippen LogP contribution in [0.1, 0.15) is 33.0 Å². The average molecular weight is 409 g/mol. The summed E-state index contributed by atoms with van der Waals surface area (Å²) in [6, 6.07) is 4.29. The zero-order chi connectivity index (χ0) is 14.6. The summed E-state index contributed by atoms with van der Waals surface area (Å²) in [5, 5.41) is 6.70. The molecule has 6 heteroatoms. The molecule has 122 valence electrons. The Morgan fingerprint density at radius 3 is 2.86 bits per heavy atom. The van der Waals surface area contributed by atoms with E-state index in [4.69, 9.17) is 9.15 Å². The van der Waals surface area contributed by atoms with Crippen molar-refractivity contribution in [1.82, 2.24) is 10.6 Å². The van der Waals surface area contributed by atoms with E-state index < -0.39 is 0 Å². The lowest BCUT2D eigenvalue weighted by atomic mass is 10.3. The van der Waals surface area contributed by atoms with Crippen molar-refractivity contribution < 1.29 is 9.15 Å². The number of nitrogens with one attached hydrogen (secondary N) is 2. The molecule has 0 aromatic carbocycles. The summed E-state index contributed by atoms with van der Waals surface area (Å²) in [5.74, 6) is 1.82. The van der Waals surface area contributed by atoms with Crippen molar-refractivity contribution in [1.29, 1.82) is 0 Å². The van der Waals surface area contributed by atoms with Gasteiger partial charge in [0.2, 0.25) is 0 Å². The fourth-order valence-corrected chi connectivity index (χ4v) is 1.61. The number of guanidine groups is 1. The van der Waals surface area contributed by atoms with Crippen LogP contribution in [-0.4, -0.2) is 38.3 Å². The Morgan fingerprint density at radius 1 is 1.43 bits per heavy atom. The first-order valence-electron chi connectivity index (χ1n) is 7.41. The van der Waals surface area contributed by atoms with Crippen LogP contribution in [0.3, 0.4) is 0 Å². The van der Waals surface area contributed by atoms with Gasteiger partial charge in [-0.05, 0) is 32.4 Å². The molecule has 0 aliphatic heterocycles. The monoisotopic (exact) mass is 409 g/mol. The molecule has 0 aliphatic carbocycles. The van der Waals surface area contributed by atoms with Crippen LogP contribution >= 0.6 is 24.0 Å². The first-order valence-corrected chi connectivity index (χ1v) is 7.41. The standard InChI is InChI=1S/C15H27N3O2.HI/c1-4-13(3)18-15(17-10-12-19-5-2)16-9-8-14-7-6-11-20-14;/h6-7,11,13H,4-5,8-10,12H2,1-3H3,(H2,16,17,18);1H. The summed E-state index contributed by atoms with van der Waals surface area (Å²) in [6.45, 7) is 9.14. The summed E-state index contributed by atoms with van der Waals surface area (Å²) >= 11 is 0. The van der Waals surface area contributed by atoms with E-state index in [0.29, 0.717) is 19.2 Å². The summed E-state index contributed by atoms with van der Waals surface area (Å²) in [5.41, 5.74) is 0. The minimum atomic E-state index is 0. The summed E-state index contributed by atoms with van der Waals surface area (Å²) in [4.78, 5) is 4.51. The molecule has 0 amide bonds. The van der Waals surface area contributed by atoms with E-state index >= 15 is 0 Å². The first-order chi connectivity index (χ1) is 9.76.